The number of hydrogen-bond acceptors (Lipinski definition) is 4. The summed E-state index contributed by atoms with van der Waals surface area (Å²) in [4.78, 5) is 15.0. The van der Waals surface area contributed by atoms with E-state index in [0.717, 1.165) is 30.4 Å². The van der Waals surface area contributed by atoms with E-state index in [1.807, 2.05) is 36.4 Å². The van der Waals surface area contributed by atoms with Crippen LogP contribution in [0.1, 0.15) is 36.5 Å². The Bertz CT molecular complexity index is 724. The Morgan fingerprint density at radius 3 is 2.15 bits per heavy atom. The summed E-state index contributed by atoms with van der Waals surface area (Å²) in [6, 6.07) is 21.2. The molecular formula is C23H27NO3. The van der Waals surface area contributed by atoms with E-state index >= 15 is 0 Å². The van der Waals surface area contributed by atoms with Crippen LogP contribution in [-0.2, 0) is 14.3 Å². The first-order valence-electron chi connectivity index (χ1n) is 9.74. The Morgan fingerprint density at radius 1 is 1.00 bits per heavy atom. The first-order valence-corrected chi connectivity index (χ1v) is 9.74. The molecule has 4 rings (SSSR count). The Kier molecular flexibility index (Phi) is 5.28. The number of methoxy groups -OCH3 is 1. The zero-order chi connectivity index (χ0) is 18.8. The van der Waals surface area contributed by atoms with Gasteiger partial charge in [0.25, 0.3) is 0 Å². The number of carbonyl (C=O) groups is 1. The van der Waals surface area contributed by atoms with Crippen molar-refractivity contribution >= 4 is 5.97 Å². The molecular weight excluding hydrogens is 338 g/mol. The Hall–Kier alpha value is -2.17. The van der Waals surface area contributed by atoms with Gasteiger partial charge >= 0.3 is 5.97 Å². The van der Waals surface area contributed by atoms with Gasteiger partial charge in [0.1, 0.15) is 6.10 Å². The molecule has 2 aromatic rings. The van der Waals surface area contributed by atoms with E-state index in [9.17, 15) is 4.79 Å². The molecule has 2 aromatic carbocycles. The minimum absolute atomic E-state index is 0.142. The highest BCUT2D eigenvalue weighted by atomic mass is 16.5. The monoisotopic (exact) mass is 365 g/mol. The van der Waals surface area contributed by atoms with Gasteiger partial charge in [0.15, 0.2) is 0 Å². The maximum Gasteiger partial charge on any atom is 0.312 e. The summed E-state index contributed by atoms with van der Waals surface area (Å²) in [5.74, 6) is -0.397. The summed E-state index contributed by atoms with van der Waals surface area (Å²) in [5, 5.41) is 0. The van der Waals surface area contributed by atoms with Gasteiger partial charge < -0.3 is 9.47 Å². The first kappa shape index (κ1) is 18.2. The average molecular weight is 365 g/mol. The van der Waals surface area contributed by atoms with E-state index in [-0.39, 0.29) is 30.1 Å². The van der Waals surface area contributed by atoms with E-state index in [1.54, 1.807) is 0 Å². The molecule has 0 aromatic heterocycles. The van der Waals surface area contributed by atoms with Crippen molar-refractivity contribution in [2.45, 2.75) is 43.6 Å². The zero-order valence-electron chi connectivity index (χ0n) is 16.0. The van der Waals surface area contributed by atoms with Crippen LogP contribution in [-0.4, -0.2) is 43.2 Å². The molecule has 4 atom stereocenters. The van der Waals surface area contributed by atoms with Crippen molar-refractivity contribution in [3.05, 3.63) is 71.8 Å². The molecule has 0 N–H and O–H groups in total. The molecule has 2 bridgehead atoms. The molecule has 0 saturated carbocycles. The predicted molar refractivity (Wildman–Crippen MR) is 104 cm³/mol. The number of fused-ring (bicyclic) bond motifs is 2. The highest BCUT2D eigenvalue weighted by Crippen LogP contribution is 2.42. The third kappa shape index (κ3) is 3.52. The molecule has 2 heterocycles. The molecule has 2 aliphatic rings. The van der Waals surface area contributed by atoms with Crippen LogP contribution in [0.2, 0.25) is 0 Å². The fraction of sp³-hybridized carbons (Fsp3) is 0.435. The Balaban J connectivity index is 1.66. The van der Waals surface area contributed by atoms with Crippen molar-refractivity contribution in [3.63, 3.8) is 0 Å². The predicted octanol–water partition coefficient (Wildman–Crippen LogP) is 3.82. The summed E-state index contributed by atoms with van der Waals surface area (Å²) in [6.07, 6.45) is 2.69. The van der Waals surface area contributed by atoms with Gasteiger partial charge in [-0.15, -0.1) is 0 Å². The first-order chi connectivity index (χ1) is 13.2. The lowest BCUT2D eigenvalue weighted by atomic mass is 9.87. The minimum atomic E-state index is -0.242. The number of ether oxygens (including phenoxy) is 2. The third-order valence-electron chi connectivity index (χ3n) is 6.20. The number of piperidine rings is 1. The second-order valence-corrected chi connectivity index (χ2v) is 7.62. The van der Waals surface area contributed by atoms with Crippen molar-refractivity contribution in [2.75, 3.05) is 14.2 Å². The van der Waals surface area contributed by atoms with Gasteiger partial charge in [-0.25, -0.2) is 0 Å². The third-order valence-corrected chi connectivity index (χ3v) is 6.20. The number of hydrogen-bond donors (Lipinski definition) is 0. The molecule has 4 nitrogen and oxygen atoms in total. The van der Waals surface area contributed by atoms with Crippen molar-refractivity contribution in [1.82, 2.24) is 4.90 Å². The van der Waals surface area contributed by atoms with Crippen LogP contribution in [0.3, 0.4) is 0 Å². The second-order valence-electron chi connectivity index (χ2n) is 7.62. The quantitative estimate of drug-likeness (QED) is 0.755. The average Bonchev–Trinajstić information content (AvgIpc) is 2.96. The van der Waals surface area contributed by atoms with Crippen molar-refractivity contribution in [1.29, 1.82) is 0 Å². The number of rotatable bonds is 5. The lowest BCUT2D eigenvalue weighted by Crippen LogP contribution is -2.53. The Labute approximate surface area is 161 Å². The summed E-state index contributed by atoms with van der Waals surface area (Å²) < 4.78 is 11.9. The standard InChI is InChI=1S/C23H27NO3/c1-24-18-13-14-19(24)21(23(25)26-2)20(15-18)27-22(16-9-5-3-6-10-16)17-11-7-4-8-12-17/h3-12,18-22H,13-15H2,1-2H3/t18-,19+,20-,21+/m0/s1. The molecule has 142 valence electrons. The van der Waals surface area contributed by atoms with Crippen LogP contribution in [0.25, 0.3) is 0 Å². The highest BCUT2D eigenvalue weighted by molar-refractivity contribution is 5.74. The van der Waals surface area contributed by atoms with Gasteiger partial charge in [0.05, 0.1) is 19.1 Å². The molecule has 2 saturated heterocycles. The number of benzene rings is 2. The van der Waals surface area contributed by atoms with Crippen molar-refractivity contribution in [3.8, 4) is 0 Å². The van der Waals surface area contributed by atoms with Crippen LogP contribution in [0.15, 0.2) is 60.7 Å². The summed E-state index contributed by atoms with van der Waals surface area (Å²) >= 11 is 0. The summed E-state index contributed by atoms with van der Waals surface area (Å²) in [6.45, 7) is 0. The molecule has 0 amide bonds. The van der Waals surface area contributed by atoms with Gasteiger partial charge in [-0.1, -0.05) is 60.7 Å². The molecule has 0 radical (unpaired) electrons. The molecule has 0 spiro atoms. The van der Waals surface area contributed by atoms with Gasteiger partial charge in [-0.3, -0.25) is 9.69 Å². The number of nitrogens with zero attached hydrogens (tertiary/aromatic N) is 1. The van der Waals surface area contributed by atoms with E-state index in [2.05, 4.69) is 36.2 Å². The van der Waals surface area contributed by atoms with E-state index < -0.39 is 0 Å². The lowest BCUT2D eigenvalue weighted by molar-refractivity contribution is -0.162. The molecule has 4 heteroatoms. The molecule has 2 aliphatic heterocycles. The largest absolute Gasteiger partial charge is 0.469 e. The summed E-state index contributed by atoms with van der Waals surface area (Å²) in [5.41, 5.74) is 2.22. The van der Waals surface area contributed by atoms with Crippen LogP contribution in [0, 0.1) is 5.92 Å². The smallest absolute Gasteiger partial charge is 0.312 e. The fourth-order valence-corrected chi connectivity index (χ4v) is 4.79. The minimum Gasteiger partial charge on any atom is -0.469 e. The number of esters is 1. The maximum atomic E-state index is 12.6. The SMILES string of the molecule is COC(=O)[C@H]1[C@@H](OC(c2ccccc2)c2ccccc2)C[C@@H]2CC[C@H]1N2C. The van der Waals surface area contributed by atoms with Crippen LogP contribution < -0.4 is 0 Å². The van der Waals surface area contributed by atoms with E-state index in [4.69, 9.17) is 9.47 Å². The van der Waals surface area contributed by atoms with Gasteiger partial charge in [0, 0.05) is 12.1 Å². The van der Waals surface area contributed by atoms with Crippen LogP contribution >= 0.6 is 0 Å². The van der Waals surface area contributed by atoms with Crippen molar-refractivity contribution in [2.24, 2.45) is 5.92 Å². The zero-order valence-corrected chi connectivity index (χ0v) is 16.0. The highest BCUT2D eigenvalue weighted by Gasteiger charge is 2.50. The fourth-order valence-electron chi connectivity index (χ4n) is 4.79. The Morgan fingerprint density at radius 2 is 1.59 bits per heavy atom. The van der Waals surface area contributed by atoms with Gasteiger partial charge in [0.2, 0.25) is 0 Å². The summed E-state index contributed by atoms with van der Waals surface area (Å²) in [7, 11) is 3.60. The number of carbonyl (C=O) groups excluding carboxylic acids is 1. The molecule has 2 fully saturated rings. The topological polar surface area (TPSA) is 38.8 Å². The van der Waals surface area contributed by atoms with Crippen LogP contribution in [0.5, 0.6) is 0 Å². The van der Waals surface area contributed by atoms with Gasteiger partial charge in [-0.05, 0) is 37.4 Å². The lowest BCUT2D eigenvalue weighted by Gasteiger charge is -2.42. The molecule has 0 aliphatic carbocycles. The maximum absolute atomic E-state index is 12.6. The normalized spacial score (nSPS) is 27.7. The van der Waals surface area contributed by atoms with Crippen molar-refractivity contribution < 1.29 is 14.3 Å². The second kappa shape index (κ2) is 7.83. The van der Waals surface area contributed by atoms with Gasteiger partial charge in [-0.2, -0.15) is 0 Å². The van der Waals surface area contributed by atoms with E-state index in [1.165, 1.54) is 7.11 Å². The molecule has 27 heavy (non-hydrogen) atoms. The molecule has 0 unspecified atom stereocenters. The van der Waals surface area contributed by atoms with E-state index in [0.29, 0.717) is 6.04 Å². The van der Waals surface area contributed by atoms with Crippen LogP contribution in [0.4, 0.5) is 0 Å².